The number of nitrogens with zero attached hydrogens (tertiary/aromatic N) is 1. The molecule has 128 valence electrons. The Morgan fingerprint density at radius 2 is 1.71 bits per heavy atom. The SMILES string of the molecule is CCN(C(=O)CS(=O)(=O)Cc1ccc(Cl)c(Cl)c1)c1ccccc1. The van der Waals surface area contributed by atoms with Gasteiger partial charge in [-0.1, -0.05) is 47.5 Å². The highest BCUT2D eigenvalue weighted by molar-refractivity contribution is 7.91. The van der Waals surface area contributed by atoms with Crippen molar-refractivity contribution in [1.82, 2.24) is 0 Å². The summed E-state index contributed by atoms with van der Waals surface area (Å²) >= 11 is 11.7. The van der Waals surface area contributed by atoms with E-state index in [4.69, 9.17) is 23.2 Å². The van der Waals surface area contributed by atoms with Gasteiger partial charge in [0.25, 0.3) is 0 Å². The normalized spacial score (nSPS) is 11.3. The molecule has 2 rings (SSSR count). The maximum absolute atomic E-state index is 12.4. The first-order valence-corrected chi connectivity index (χ1v) is 9.90. The molecule has 0 saturated carbocycles. The van der Waals surface area contributed by atoms with Gasteiger partial charge in [0.15, 0.2) is 9.84 Å². The zero-order valence-electron chi connectivity index (χ0n) is 13.1. The molecule has 2 aromatic carbocycles. The number of halogens is 2. The van der Waals surface area contributed by atoms with Gasteiger partial charge in [-0.2, -0.15) is 0 Å². The molecular weight excluding hydrogens is 369 g/mol. The van der Waals surface area contributed by atoms with E-state index in [1.807, 2.05) is 6.07 Å². The Bertz CT molecular complexity index is 823. The van der Waals surface area contributed by atoms with Crippen LogP contribution >= 0.6 is 23.2 Å². The summed E-state index contributed by atoms with van der Waals surface area (Å²) in [5, 5.41) is 0.644. The minimum Gasteiger partial charge on any atom is -0.312 e. The third kappa shape index (κ3) is 4.97. The zero-order chi connectivity index (χ0) is 17.7. The summed E-state index contributed by atoms with van der Waals surface area (Å²) in [6.07, 6.45) is 0. The molecule has 0 atom stereocenters. The van der Waals surface area contributed by atoms with Gasteiger partial charge in [0, 0.05) is 12.2 Å². The standard InChI is InChI=1S/C17H17Cl2NO3S/c1-2-20(14-6-4-3-5-7-14)17(21)12-24(22,23)11-13-8-9-15(18)16(19)10-13/h3-10H,2,11-12H2,1H3. The van der Waals surface area contributed by atoms with Crippen molar-refractivity contribution in [1.29, 1.82) is 0 Å². The molecule has 0 fully saturated rings. The maximum Gasteiger partial charge on any atom is 0.242 e. The van der Waals surface area contributed by atoms with E-state index in [0.717, 1.165) is 0 Å². The summed E-state index contributed by atoms with van der Waals surface area (Å²) in [7, 11) is -3.62. The molecular formula is C17H17Cl2NO3S. The lowest BCUT2D eigenvalue weighted by Gasteiger charge is -2.21. The van der Waals surface area contributed by atoms with E-state index < -0.39 is 21.5 Å². The summed E-state index contributed by atoms with van der Waals surface area (Å²) in [6.45, 7) is 2.20. The highest BCUT2D eigenvalue weighted by atomic mass is 35.5. The number of anilines is 1. The van der Waals surface area contributed by atoms with Crippen LogP contribution in [0.2, 0.25) is 10.0 Å². The van der Waals surface area contributed by atoms with Crippen LogP contribution in [0.25, 0.3) is 0 Å². The molecule has 0 unspecified atom stereocenters. The zero-order valence-corrected chi connectivity index (χ0v) is 15.4. The number of carbonyl (C=O) groups excluding carboxylic acids is 1. The predicted octanol–water partition coefficient (Wildman–Crippen LogP) is 3.96. The minimum absolute atomic E-state index is 0.262. The largest absolute Gasteiger partial charge is 0.312 e. The second-order valence-corrected chi connectivity index (χ2v) is 8.13. The molecule has 0 radical (unpaired) electrons. The van der Waals surface area contributed by atoms with Gasteiger partial charge in [0.1, 0.15) is 5.75 Å². The van der Waals surface area contributed by atoms with Crippen LogP contribution in [0, 0.1) is 0 Å². The van der Waals surface area contributed by atoms with Crippen molar-refractivity contribution in [3.05, 3.63) is 64.1 Å². The fourth-order valence-corrected chi connectivity index (χ4v) is 3.95. The van der Waals surface area contributed by atoms with Crippen molar-refractivity contribution in [3.63, 3.8) is 0 Å². The molecule has 0 saturated heterocycles. The quantitative estimate of drug-likeness (QED) is 0.755. The van der Waals surface area contributed by atoms with Crippen LogP contribution in [0.3, 0.4) is 0 Å². The maximum atomic E-state index is 12.4. The number of sulfone groups is 1. The highest BCUT2D eigenvalue weighted by Crippen LogP contribution is 2.24. The van der Waals surface area contributed by atoms with Crippen molar-refractivity contribution >= 4 is 44.6 Å². The molecule has 0 spiro atoms. The van der Waals surface area contributed by atoms with Gasteiger partial charge in [-0.3, -0.25) is 4.79 Å². The summed E-state index contributed by atoms with van der Waals surface area (Å²) < 4.78 is 24.7. The predicted molar refractivity (Wildman–Crippen MR) is 98.4 cm³/mol. The van der Waals surface area contributed by atoms with Crippen LogP contribution in [0.5, 0.6) is 0 Å². The summed E-state index contributed by atoms with van der Waals surface area (Å²) in [5.74, 6) is -1.28. The van der Waals surface area contributed by atoms with Crippen molar-refractivity contribution in [3.8, 4) is 0 Å². The van der Waals surface area contributed by atoms with Gasteiger partial charge < -0.3 is 4.90 Å². The fourth-order valence-electron chi connectivity index (χ4n) is 2.31. The molecule has 0 bridgehead atoms. The van der Waals surface area contributed by atoms with Crippen molar-refractivity contribution in [2.24, 2.45) is 0 Å². The Hall–Kier alpha value is -1.56. The van der Waals surface area contributed by atoms with Crippen LogP contribution in [0.1, 0.15) is 12.5 Å². The van der Waals surface area contributed by atoms with Crippen LogP contribution in [0.15, 0.2) is 48.5 Å². The van der Waals surface area contributed by atoms with Crippen LogP contribution < -0.4 is 4.90 Å². The number of carbonyl (C=O) groups is 1. The van der Waals surface area contributed by atoms with Gasteiger partial charge in [0.05, 0.1) is 15.8 Å². The van der Waals surface area contributed by atoms with Gasteiger partial charge >= 0.3 is 0 Å². The second-order valence-electron chi connectivity index (χ2n) is 5.25. The number of amides is 1. The van der Waals surface area contributed by atoms with E-state index >= 15 is 0 Å². The molecule has 7 heteroatoms. The lowest BCUT2D eigenvalue weighted by Crippen LogP contribution is -2.36. The molecule has 4 nitrogen and oxygen atoms in total. The number of benzene rings is 2. The first-order valence-electron chi connectivity index (χ1n) is 7.32. The number of hydrogen-bond acceptors (Lipinski definition) is 3. The lowest BCUT2D eigenvalue weighted by atomic mass is 10.2. The average Bonchev–Trinajstić information content (AvgIpc) is 2.52. The molecule has 24 heavy (non-hydrogen) atoms. The molecule has 0 aliphatic heterocycles. The molecule has 0 N–H and O–H groups in total. The number of para-hydroxylation sites is 1. The van der Waals surface area contributed by atoms with E-state index in [0.29, 0.717) is 22.8 Å². The summed E-state index contributed by atoms with van der Waals surface area (Å²) in [5.41, 5.74) is 1.18. The van der Waals surface area contributed by atoms with E-state index in [9.17, 15) is 13.2 Å². The monoisotopic (exact) mass is 385 g/mol. The van der Waals surface area contributed by atoms with E-state index in [2.05, 4.69) is 0 Å². The van der Waals surface area contributed by atoms with Gasteiger partial charge in [-0.15, -0.1) is 0 Å². The number of rotatable bonds is 6. The molecule has 2 aromatic rings. The average molecular weight is 386 g/mol. The Balaban J connectivity index is 2.12. The second kappa shape index (κ2) is 8.01. The van der Waals surface area contributed by atoms with Gasteiger partial charge in [-0.05, 0) is 36.8 Å². The van der Waals surface area contributed by atoms with Gasteiger partial charge in [-0.25, -0.2) is 8.42 Å². The Kier molecular flexibility index (Phi) is 6.27. The van der Waals surface area contributed by atoms with Crippen molar-refractivity contribution in [2.45, 2.75) is 12.7 Å². The Morgan fingerprint density at radius 3 is 2.29 bits per heavy atom. The molecule has 0 aromatic heterocycles. The fraction of sp³-hybridized carbons (Fsp3) is 0.235. The smallest absolute Gasteiger partial charge is 0.242 e. The van der Waals surface area contributed by atoms with Crippen LogP contribution in [-0.2, 0) is 20.4 Å². The van der Waals surface area contributed by atoms with Gasteiger partial charge in [0.2, 0.25) is 5.91 Å². The Labute approximate surface area is 151 Å². The van der Waals surface area contributed by atoms with Crippen LogP contribution in [0.4, 0.5) is 5.69 Å². The minimum atomic E-state index is -3.62. The number of hydrogen-bond donors (Lipinski definition) is 0. The summed E-state index contributed by atoms with van der Waals surface area (Å²) in [4.78, 5) is 13.9. The third-order valence-corrected chi connectivity index (χ3v) is 5.60. The molecule has 1 amide bonds. The van der Waals surface area contributed by atoms with Crippen molar-refractivity contribution < 1.29 is 13.2 Å². The summed E-state index contributed by atoms with van der Waals surface area (Å²) in [6, 6.07) is 13.6. The van der Waals surface area contributed by atoms with Crippen molar-refractivity contribution in [2.75, 3.05) is 17.2 Å². The first-order chi connectivity index (χ1) is 11.3. The van der Waals surface area contributed by atoms with E-state index in [-0.39, 0.29) is 10.8 Å². The third-order valence-electron chi connectivity index (χ3n) is 3.40. The van der Waals surface area contributed by atoms with E-state index in [1.54, 1.807) is 43.3 Å². The Morgan fingerprint density at radius 1 is 1.04 bits per heavy atom. The topological polar surface area (TPSA) is 54.5 Å². The molecule has 0 aliphatic carbocycles. The molecule has 0 heterocycles. The van der Waals surface area contributed by atoms with Crippen LogP contribution in [-0.4, -0.2) is 26.6 Å². The van der Waals surface area contributed by atoms with E-state index in [1.165, 1.54) is 11.0 Å². The lowest BCUT2D eigenvalue weighted by molar-refractivity contribution is -0.116. The molecule has 0 aliphatic rings. The highest BCUT2D eigenvalue weighted by Gasteiger charge is 2.22. The first kappa shape index (κ1) is 18.8.